The number of rotatable bonds is 10. The van der Waals surface area contributed by atoms with Crippen LogP contribution < -0.4 is 20.1 Å². The molecule has 214 valence electrons. The molecule has 3 aromatic rings. The predicted octanol–water partition coefficient (Wildman–Crippen LogP) is 4.19. The Morgan fingerprint density at radius 1 is 0.854 bits per heavy atom. The van der Waals surface area contributed by atoms with E-state index in [1.54, 1.807) is 24.3 Å². The van der Waals surface area contributed by atoms with Gasteiger partial charge in [0.25, 0.3) is 11.8 Å². The van der Waals surface area contributed by atoms with E-state index in [1.807, 2.05) is 18.2 Å². The van der Waals surface area contributed by atoms with E-state index in [2.05, 4.69) is 41.0 Å². The predicted molar refractivity (Wildman–Crippen MR) is 156 cm³/mol. The van der Waals surface area contributed by atoms with E-state index in [4.69, 9.17) is 15.2 Å². The molecule has 9 nitrogen and oxygen atoms in total. The normalized spacial score (nSPS) is 16.9. The van der Waals surface area contributed by atoms with Gasteiger partial charge < -0.3 is 20.1 Å². The molecule has 1 saturated heterocycles. The van der Waals surface area contributed by atoms with Crippen molar-refractivity contribution in [2.45, 2.75) is 31.8 Å². The molecule has 0 aliphatic carbocycles. The van der Waals surface area contributed by atoms with Crippen molar-refractivity contribution >= 4 is 23.4 Å². The fourth-order valence-corrected chi connectivity index (χ4v) is 5.91. The number of carbonyl (C=O) groups is 3. The number of hydrogen-bond acceptors (Lipinski definition) is 7. The van der Waals surface area contributed by atoms with E-state index in [9.17, 15) is 14.4 Å². The molecule has 0 spiro atoms. The van der Waals surface area contributed by atoms with Crippen molar-refractivity contribution in [3.05, 3.63) is 89.0 Å². The van der Waals surface area contributed by atoms with Gasteiger partial charge in [0.1, 0.15) is 0 Å². The van der Waals surface area contributed by atoms with Gasteiger partial charge in [-0.2, -0.15) is 0 Å². The number of benzene rings is 3. The van der Waals surface area contributed by atoms with Crippen LogP contribution in [0.4, 0.5) is 5.69 Å². The first-order valence-corrected chi connectivity index (χ1v) is 13.9. The van der Waals surface area contributed by atoms with Crippen molar-refractivity contribution in [1.82, 2.24) is 9.80 Å². The molecule has 2 N–H and O–H groups in total. The number of imide groups is 1. The fourth-order valence-electron chi connectivity index (χ4n) is 5.91. The molecule has 2 aliphatic heterocycles. The molecule has 1 unspecified atom stereocenters. The van der Waals surface area contributed by atoms with Gasteiger partial charge in [0.2, 0.25) is 5.91 Å². The Labute approximate surface area is 240 Å². The molecule has 0 aromatic heterocycles. The Morgan fingerprint density at radius 2 is 1.56 bits per heavy atom. The number of ether oxygens (including phenoxy) is 2. The van der Waals surface area contributed by atoms with Crippen molar-refractivity contribution in [3.8, 4) is 11.5 Å². The van der Waals surface area contributed by atoms with Gasteiger partial charge in [-0.1, -0.05) is 42.5 Å². The lowest BCUT2D eigenvalue weighted by Crippen LogP contribution is -2.47. The number of nitrogens with two attached hydrogens (primary N) is 1. The monoisotopic (exact) mass is 556 g/mol. The first-order chi connectivity index (χ1) is 19.8. The Balaban J connectivity index is 1.42. The zero-order chi connectivity index (χ0) is 29.1. The van der Waals surface area contributed by atoms with Gasteiger partial charge in [0.05, 0.1) is 37.1 Å². The van der Waals surface area contributed by atoms with Crippen LogP contribution >= 0.6 is 0 Å². The summed E-state index contributed by atoms with van der Waals surface area (Å²) >= 11 is 0. The minimum absolute atomic E-state index is 0.0147. The number of primary amides is 1. The number of amides is 3. The highest BCUT2D eigenvalue weighted by atomic mass is 16.5. The van der Waals surface area contributed by atoms with Gasteiger partial charge >= 0.3 is 0 Å². The highest BCUT2D eigenvalue weighted by molar-refractivity contribution is 6.24. The van der Waals surface area contributed by atoms with E-state index in [0.29, 0.717) is 28.2 Å². The number of nitrogens with zero attached hydrogens (tertiary/aromatic N) is 3. The third kappa shape index (κ3) is 5.50. The number of anilines is 1. The summed E-state index contributed by atoms with van der Waals surface area (Å²) in [5.41, 5.74) is 8.95. The first-order valence-electron chi connectivity index (χ1n) is 13.9. The fraction of sp³-hybridized carbons (Fsp3) is 0.344. The SMILES string of the molecule is COc1ccc([C@@H](CCC(N)=O)N2C(=O)c3cccc(N4CCN(C(C)c5ccccc5)CC4)c3C2=O)cc1OC. The van der Waals surface area contributed by atoms with E-state index < -0.39 is 11.9 Å². The zero-order valence-corrected chi connectivity index (χ0v) is 23.7. The van der Waals surface area contributed by atoms with Gasteiger partial charge in [-0.15, -0.1) is 0 Å². The molecular formula is C32H36N4O5. The van der Waals surface area contributed by atoms with Gasteiger partial charge in [-0.3, -0.25) is 24.2 Å². The zero-order valence-electron chi connectivity index (χ0n) is 23.7. The molecule has 3 aromatic carbocycles. The maximum atomic E-state index is 14.1. The molecule has 0 saturated carbocycles. The number of carbonyl (C=O) groups excluding carboxylic acids is 3. The summed E-state index contributed by atoms with van der Waals surface area (Å²) in [6.45, 7) is 5.34. The van der Waals surface area contributed by atoms with Crippen LogP contribution in [0, 0.1) is 0 Å². The molecule has 2 heterocycles. The summed E-state index contributed by atoms with van der Waals surface area (Å²) in [6.07, 6.45) is 0.211. The summed E-state index contributed by atoms with van der Waals surface area (Å²) in [6, 6.07) is 20.7. The Hall–Kier alpha value is -4.37. The Kier molecular flexibility index (Phi) is 8.26. The largest absolute Gasteiger partial charge is 0.493 e. The van der Waals surface area contributed by atoms with Crippen LogP contribution in [-0.2, 0) is 4.79 Å². The van der Waals surface area contributed by atoms with Crippen LogP contribution in [0.5, 0.6) is 11.5 Å². The highest BCUT2D eigenvalue weighted by Crippen LogP contribution is 2.40. The maximum Gasteiger partial charge on any atom is 0.264 e. The summed E-state index contributed by atoms with van der Waals surface area (Å²) < 4.78 is 10.8. The minimum atomic E-state index is -0.703. The van der Waals surface area contributed by atoms with E-state index in [1.165, 1.54) is 24.7 Å². The van der Waals surface area contributed by atoms with E-state index in [-0.39, 0.29) is 30.7 Å². The lowest BCUT2D eigenvalue weighted by atomic mass is 9.99. The molecular weight excluding hydrogens is 520 g/mol. The van der Waals surface area contributed by atoms with Crippen molar-refractivity contribution in [2.24, 2.45) is 5.73 Å². The lowest BCUT2D eigenvalue weighted by Gasteiger charge is -2.39. The summed E-state index contributed by atoms with van der Waals surface area (Å²) in [5.74, 6) is -0.267. The van der Waals surface area contributed by atoms with Crippen molar-refractivity contribution in [3.63, 3.8) is 0 Å². The minimum Gasteiger partial charge on any atom is -0.493 e. The lowest BCUT2D eigenvalue weighted by molar-refractivity contribution is -0.118. The standard InChI is InChI=1S/C32H36N4O5/c1-21(22-8-5-4-6-9-22)34-16-18-35(19-17-34)26-11-7-10-24-30(26)32(39)36(31(24)38)25(13-15-29(33)37)23-12-14-27(40-2)28(20-23)41-3/h4-12,14,20-21,25H,13,15-19H2,1-3H3,(H2,33,37)/t21?,25-/m1/s1. The topological polar surface area (TPSA) is 105 Å². The van der Waals surface area contributed by atoms with Crippen LogP contribution in [0.25, 0.3) is 0 Å². The molecule has 2 aliphatic rings. The number of methoxy groups -OCH3 is 2. The molecule has 2 atom stereocenters. The van der Waals surface area contributed by atoms with Crippen molar-refractivity contribution in [1.29, 1.82) is 0 Å². The second-order valence-electron chi connectivity index (χ2n) is 10.4. The highest BCUT2D eigenvalue weighted by Gasteiger charge is 2.43. The molecule has 1 fully saturated rings. The van der Waals surface area contributed by atoms with Crippen LogP contribution in [0.1, 0.15) is 63.7 Å². The smallest absolute Gasteiger partial charge is 0.264 e. The number of fused-ring (bicyclic) bond motifs is 1. The second-order valence-corrected chi connectivity index (χ2v) is 10.4. The molecule has 0 radical (unpaired) electrons. The Morgan fingerprint density at radius 3 is 2.22 bits per heavy atom. The second kappa shape index (κ2) is 12.0. The van der Waals surface area contributed by atoms with Gasteiger partial charge in [-0.25, -0.2) is 0 Å². The van der Waals surface area contributed by atoms with Gasteiger partial charge in [-0.05, 0) is 48.7 Å². The van der Waals surface area contributed by atoms with Crippen LogP contribution in [-0.4, -0.2) is 67.9 Å². The van der Waals surface area contributed by atoms with Crippen LogP contribution in [0.3, 0.4) is 0 Å². The summed E-state index contributed by atoms with van der Waals surface area (Å²) in [4.78, 5) is 45.5. The molecule has 41 heavy (non-hydrogen) atoms. The van der Waals surface area contributed by atoms with Gasteiger partial charge in [0, 0.05) is 38.6 Å². The van der Waals surface area contributed by atoms with Gasteiger partial charge in [0.15, 0.2) is 11.5 Å². The quantitative estimate of drug-likeness (QED) is 0.373. The summed E-state index contributed by atoms with van der Waals surface area (Å²) in [7, 11) is 3.06. The van der Waals surface area contributed by atoms with E-state index in [0.717, 1.165) is 31.9 Å². The molecule has 3 amide bonds. The third-order valence-electron chi connectivity index (χ3n) is 8.18. The van der Waals surface area contributed by atoms with Crippen molar-refractivity contribution < 1.29 is 23.9 Å². The first kappa shape index (κ1) is 28.2. The average Bonchev–Trinajstić information content (AvgIpc) is 3.26. The maximum absolute atomic E-state index is 14.1. The van der Waals surface area contributed by atoms with Crippen LogP contribution in [0.15, 0.2) is 66.7 Å². The van der Waals surface area contributed by atoms with Crippen LogP contribution in [0.2, 0.25) is 0 Å². The van der Waals surface area contributed by atoms with E-state index >= 15 is 0 Å². The number of hydrogen-bond donors (Lipinski definition) is 1. The number of piperazine rings is 1. The molecule has 5 rings (SSSR count). The molecule has 9 heteroatoms. The Bertz CT molecular complexity index is 1440. The summed E-state index contributed by atoms with van der Waals surface area (Å²) in [5, 5.41) is 0. The third-order valence-corrected chi connectivity index (χ3v) is 8.18. The molecule has 0 bridgehead atoms. The average molecular weight is 557 g/mol. The van der Waals surface area contributed by atoms with Crippen molar-refractivity contribution in [2.75, 3.05) is 45.3 Å².